The van der Waals surface area contributed by atoms with Gasteiger partial charge in [-0.2, -0.15) is 0 Å². The van der Waals surface area contributed by atoms with Crippen molar-refractivity contribution in [1.82, 2.24) is 0 Å². The summed E-state index contributed by atoms with van der Waals surface area (Å²) in [7, 11) is 0. The van der Waals surface area contributed by atoms with E-state index >= 15 is 0 Å². The molecule has 0 heterocycles. The summed E-state index contributed by atoms with van der Waals surface area (Å²) in [5.74, 6) is -2.40. The second-order valence-electron chi connectivity index (χ2n) is 2.45. The van der Waals surface area contributed by atoms with Gasteiger partial charge in [-0.1, -0.05) is 0 Å². The number of rotatable bonds is 2. The maximum Gasteiger partial charge on any atom is 0.335 e. The van der Waals surface area contributed by atoms with Crippen LogP contribution in [0, 0.1) is 0 Å². The number of anilines is 1. The van der Waals surface area contributed by atoms with Crippen molar-refractivity contribution in [3.05, 3.63) is 29.3 Å². The van der Waals surface area contributed by atoms with Crippen molar-refractivity contribution in [2.75, 3.05) is 5.73 Å². The maximum atomic E-state index is 10.5. The number of carboxylic acid groups (broad SMARTS) is 2. The van der Waals surface area contributed by atoms with Crippen molar-refractivity contribution in [2.24, 2.45) is 0 Å². The molecule has 0 fully saturated rings. The van der Waals surface area contributed by atoms with Crippen LogP contribution in [0.15, 0.2) is 18.2 Å². The van der Waals surface area contributed by atoms with Crippen LogP contribution < -0.4 is 5.73 Å². The molecule has 5 nitrogen and oxygen atoms in total. The van der Waals surface area contributed by atoms with Crippen LogP contribution in [-0.4, -0.2) is 22.2 Å². The van der Waals surface area contributed by atoms with Gasteiger partial charge in [0.1, 0.15) is 0 Å². The van der Waals surface area contributed by atoms with Gasteiger partial charge >= 0.3 is 11.9 Å². The number of aromatic carboxylic acids is 2. The number of nitrogen functional groups attached to an aromatic ring is 1. The molecule has 0 bridgehead atoms. The number of hydrogen-bond acceptors (Lipinski definition) is 3. The van der Waals surface area contributed by atoms with Crippen LogP contribution in [0.2, 0.25) is 0 Å². The Hall–Kier alpha value is -1.55. The Balaban J connectivity index is 0.00000169. The van der Waals surface area contributed by atoms with Crippen molar-refractivity contribution in [1.29, 1.82) is 0 Å². The third-order valence-corrected chi connectivity index (χ3v) is 1.45. The third-order valence-electron chi connectivity index (χ3n) is 1.45. The van der Waals surface area contributed by atoms with Gasteiger partial charge < -0.3 is 15.9 Å². The Bertz CT molecular complexity index is 345. The Morgan fingerprint density at radius 3 is 1.64 bits per heavy atom. The Morgan fingerprint density at radius 1 is 1.00 bits per heavy atom. The topological polar surface area (TPSA) is 101 Å². The fourth-order valence-corrected chi connectivity index (χ4v) is 0.899. The van der Waals surface area contributed by atoms with E-state index in [2.05, 4.69) is 0 Å². The Morgan fingerprint density at radius 2 is 1.36 bits per heavy atom. The molecule has 0 saturated heterocycles. The molecule has 1 aromatic rings. The summed E-state index contributed by atoms with van der Waals surface area (Å²) in [4.78, 5) is 21.0. The fraction of sp³-hybridized carbons (Fsp3) is 0. The molecule has 0 aliphatic rings. The van der Waals surface area contributed by atoms with Gasteiger partial charge in [0.15, 0.2) is 0 Å². The standard InChI is InChI=1S/C8H7NO4.Ni/c9-6-2-4(7(10)11)1-5(3-6)8(12)13;/h1-3H,9H2,(H,10,11)(H,12,13);. The largest absolute Gasteiger partial charge is 0.478 e. The smallest absolute Gasteiger partial charge is 0.335 e. The first-order valence-electron chi connectivity index (χ1n) is 3.38. The molecule has 0 radical (unpaired) electrons. The summed E-state index contributed by atoms with van der Waals surface area (Å²) < 4.78 is 0. The quantitative estimate of drug-likeness (QED) is 0.520. The summed E-state index contributed by atoms with van der Waals surface area (Å²) in [6, 6.07) is 3.46. The zero-order chi connectivity index (χ0) is 10.0. The van der Waals surface area contributed by atoms with Gasteiger partial charge in [0.05, 0.1) is 11.1 Å². The molecule has 1 aromatic carbocycles. The molecule has 0 spiro atoms. The molecule has 6 heteroatoms. The summed E-state index contributed by atoms with van der Waals surface area (Å²) >= 11 is 0. The van der Waals surface area contributed by atoms with Crippen LogP contribution in [0.4, 0.5) is 5.69 Å². The van der Waals surface area contributed by atoms with Gasteiger partial charge in [-0.15, -0.1) is 0 Å². The van der Waals surface area contributed by atoms with Crippen LogP contribution in [-0.2, 0) is 16.5 Å². The molecule has 14 heavy (non-hydrogen) atoms. The van der Waals surface area contributed by atoms with E-state index in [1.54, 1.807) is 0 Å². The molecular weight excluding hydrogens is 233 g/mol. The van der Waals surface area contributed by atoms with E-state index in [1.165, 1.54) is 12.1 Å². The predicted molar refractivity (Wildman–Crippen MR) is 44.8 cm³/mol. The zero-order valence-electron chi connectivity index (χ0n) is 6.84. The third kappa shape index (κ3) is 2.74. The second kappa shape index (κ2) is 4.62. The van der Waals surface area contributed by atoms with Crippen molar-refractivity contribution < 1.29 is 36.3 Å². The number of carboxylic acids is 2. The van der Waals surface area contributed by atoms with E-state index in [0.717, 1.165) is 6.07 Å². The number of carbonyl (C=O) groups is 2. The Labute approximate surface area is 89.5 Å². The number of hydrogen-bond donors (Lipinski definition) is 3. The zero-order valence-corrected chi connectivity index (χ0v) is 7.82. The van der Waals surface area contributed by atoms with Crippen LogP contribution in [0.1, 0.15) is 20.7 Å². The van der Waals surface area contributed by atoms with Gasteiger partial charge in [-0.05, 0) is 18.2 Å². The van der Waals surface area contributed by atoms with Crippen LogP contribution in [0.5, 0.6) is 0 Å². The summed E-state index contributed by atoms with van der Waals surface area (Å²) in [5, 5.41) is 17.1. The van der Waals surface area contributed by atoms with E-state index in [1.807, 2.05) is 0 Å². The molecule has 0 aliphatic heterocycles. The molecule has 0 atom stereocenters. The SMILES string of the molecule is Nc1cc(C(=O)O)cc(C(=O)O)c1.[Ni]. The van der Waals surface area contributed by atoms with Crippen molar-refractivity contribution in [2.45, 2.75) is 0 Å². The molecule has 0 aliphatic carbocycles. The van der Waals surface area contributed by atoms with Gasteiger partial charge in [-0.3, -0.25) is 0 Å². The van der Waals surface area contributed by atoms with E-state index in [9.17, 15) is 9.59 Å². The molecule has 1 rings (SSSR count). The monoisotopic (exact) mass is 239 g/mol. The van der Waals surface area contributed by atoms with Gasteiger partial charge in [-0.25, -0.2) is 9.59 Å². The van der Waals surface area contributed by atoms with E-state index in [0.29, 0.717) is 0 Å². The average Bonchev–Trinajstić information content (AvgIpc) is 2.03. The molecule has 0 aromatic heterocycles. The van der Waals surface area contributed by atoms with Crippen molar-refractivity contribution in [3.8, 4) is 0 Å². The molecule has 0 unspecified atom stereocenters. The number of benzene rings is 1. The average molecular weight is 240 g/mol. The summed E-state index contributed by atoms with van der Waals surface area (Å²) in [6.45, 7) is 0. The first-order chi connectivity index (χ1) is 6.00. The second-order valence-corrected chi connectivity index (χ2v) is 2.45. The first kappa shape index (κ1) is 12.5. The Kier molecular flexibility index (Phi) is 4.11. The van der Waals surface area contributed by atoms with Crippen LogP contribution in [0.25, 0.3) is 0 Å². The van der Waals surface area contributed by atoms with E-state index in [4.69, 9.17) is 15.9 Å². The minimum Gasteiger partial charge on any atom is -0.478 e. The van der Waals surface area contributed by atoms with Crippen LogP contribution >= 0.6 is 0 Å². The molecule has 4 N–H and O–H groups in total. The fourth-order valence-electron chi connectivity index (χ4n) is 0.899. The normalized spacial score (nSPS) is 8.86. The summed E-state index contributed by atoms with van der Waals surface area (Å²) in [5.41, 5.74) is 5.18. The van der Waals surface area contributed by atoms with E-state index < -0.39 is 11.9 Å². The molecule has 0 amide bonds. The van der Waals surface area contributed by atoms with Crippen molar-refractivity contribution >= 4 is 17.6 Å². The van der Waals surface area contributed by atoms with Crippen LogP contribution in [0.3, 0.4) is 0 Å². The van der Waals surface area contributed by atoms with Crippen molar-refractivity contribution in [3.63, 3.8) is 0 Å². The minimum absolute atomic E-state index is 0. The van der Waals surface area contributed by atoms with Gasteiger partial charge in [0.2, 0.25) is 0 Å². The van der Waals surface area contributed by atoms with E-state index in [-0.39, 0.29) is 33.3 Å². The molecule has 0 saturated carbocycles. The number of nitrogens with two attached hydrogens (primary N) is 1. The minimum atomic E-state index is -1.20. The molecular formula is C8H7NNiO4. The predicted octanol–water partition coefficient (Wildman–Crippen LogP) is 0.663. The van der Waals surface area contributed by atoms with Gasteiger partial charge in [0, 0.05) is 22.2 Å². The summed E-state index contributed by atoms with van der Waals surface area (Å²) in [6.07, 6.45) is 0. The first-order valence-corrected chi connectivity index (χ1v) is 3.38. The maximum absolute atomic E-state index is 10.5. The molecule has 78 valence electrons. The van der Waals surface area contributed by atoms with Gasteiger partial charge in [0.25, 0.3) is 0 Å².